The summed E-state index contributed by atoms with van der Waals surface area (Å²) in [7, 11) is 0. The summed E-state index contributed by atoms with van der Waals surface area (Å²) in [6, 6.07) is 15.3. The summed E-state index contributed by atoms with van der Waals surface area (Å²) >= 11 is 0. The van der Waals surface area contributed by atoms with E-state index in [0.29, 0.717) is 0 Å². The third-order valence-electron chi connectivity index (χ3n) is 4.49. The Morgan fingerprint density at radius 1 is 1.20 bits per heavy atom. The first-order chi connectivity index (χ1) is 11.6. The molecule has 4 nitrogen and oxygen atoms in total. The Labute approximate surface area is 167 Å². The molecule has 1 fully saturated rings. The standard InChI is InChI=1S/C20H27N3O.HI/c1-4-21-19(22-12-20(3)13-24-14-20)23-15(2)17-10-9-16-7-5-6-8-18(16)11-17;/h5-11,15H,4,12-14H2,1-3H3,(H2,21,22,23);1H. The third-order valence-corrected chi connectivity index (χ3v) is 4.49. The van der Waals surface area contributed by atoms with Crippen molar-refractivity contribution in [2.75, 3.05) is 26.3 Å². The predicted octanol–water partition coefficient (Wildman–Crippen LogP) is 4.11. The van der Waals surface area contributed by atoms with Crippen molar-refractivity contribution in [3.05, 3.63) is 48.0 Å². The van der Waals surface area contributed by atoms with Gasteiger partial charge in [-0.25, -0.2) is 0 Å². The number of fused-ring (bicyclic) bond motifs is 1. The van der Waals surface area contributed by atoms with E-state index in [1.807, 2.05) is 0 Å². The van der Waals surface area contributed by atoms with Crippen LogP contribution in [0.15, 0.2) is 47.5 Å². The second-order valence-electron chi connectivity index (χ2n) is 6.97. The number of guanidine groups is 1. The van der Waals surface area contributed by atoms with Crippen LogP contribution in [0.2, 0.25) is 0 Å². The monoisotopic (exact) mass is 453 g/mol. The maximum atomic E-state index is 5.31. The van der Waals surface area contributed by atoms with E-state index in [0.717, 1.165) is 32.3 Å². The molecular formula is C20H28IN3O. The number of rotatable bonds is 5. The van der Waals surface area contributed by atoms with Gasteiger partial charge < -0.3 is 15.4 Å². The van der Waals surface area contributed by atoms with Gasteiger partial charge in [0.2, 0.25) is 0 Å². The average molecular weight is 453 g/mol. The second kappa shape index (κ2) is 8.85. The fraction of sp³-hybridized carbons (Fsp3) is 0.450. The van der Waals surface area contributed by atoms with Gasteiger partial charge in [0, 0.05) is 12.0 Å². The number of aliphatic imine (C=N–C) groups is 1. The van der Waals surface area contributed by atoms with Gasteiger partial charge in [0.25, 0.3) is 0 Å². The van der Waals surface area contributed by atoms with Gasteiger partial charge in [-0.05, 0) is 36.2 Å². The van der Waals surface area contributed by atoms with E-state index in [1.165, 1.54) is 16.3 Å². The number of nitrogens with one attached hydrogen (secondary N) is 2. The van der Waals surface area contributed by atoms with E-state index in [1.54, 1.807) is 0 Å². The van der Waals surface area contributed by atoms with Crippen LogP contribution in [0.5, 0.6) is 0 Å². The molecular weight excluding hydrogens is 425 g/mol. The van der Waals surface area contributed by atoms with Crippen molar-refractivity contribution in [2.24, 2.45) is 10.4 Å². The molecule has 3 rings (SSSR count). The lowest BCUT2D eigenvalue weighted by atomic mass is 9.89. The largest absolute Gasteiger partial charge is 0.380 e. The van der Waals surface area contributed by atoms with Crippen molar-refractivity contribution in [1.82, 2.24) is 10.6 Å². The molecule has 1 aliphatic rings. The number of benzene rings is 2. The summed E-state index contributed by atoms with van der Waals surface area (Å²) in [6.07, 6.45) is 0. The minimum Gasteiger partial charge on any atom is -0.380 e. The Morgan fingerprint density at radius 3 is 2.56 bits per heavy atom. The minimum absolute atomic E-state index is 0. The van der Waals surface area contributed by atoms with Gasteiger partial charge in [0.1, 0.15) is 0 Å². The molecule has 136 valence electrons. The lowest BCUT2D eigenvalue weighted by Gasteiger charge is -2.36. The van der Waals surface area contributed by atoms with Gasteiger partial charge in [0.05, 0.1) is 25.8 Å². The molecule has 1 saturated heterocycles. The highest BCUT2D eigenvalue weighted by Crippen LogP contribution is 2.26. The number of nitrogens with zero attached hydrogens (tertiary/aromatic N) is 1. The number of halogens is 1. The zero-order chi connectivity index (χ0) is 17.0. The smallest absolute Gasteiger partial charge is 0.191 e. The minimum atomic E-state index is 0. The molecule has 2 aromatic carbocycles. The Balaban J connectivity index is 0.00000225. The zero-order valence-electron chi connectivity index (χ0n) is 15.2. The highest BCUT2D eigenvalue weighted by molar-refractivity contribution is 14.0. The van der Waals surface area contributed by atoms with Crippen LogP contribution >= 0.6 is 24.0 Å². The molecule has 2 N–H and O–H groups in total. The van der Waals surface area contributed by atoms with Gasteiger partial charge in [-0.15, -0.1) is 24.0 Å². The van der Waals surface area contributed by atoms with E-state index < -0.39 is 0 Å². The summed E-state index contributed by atoms with van der Waals surface area (Å²) in [5.41, 5.74) is 1.45. The highest BCUT2D eigenvalue weighted by Gasteiger charge is 2.33. The first-order valence-electron chi connectivity index (χ1n) is 8.71. The van der Waals surface area contributed by atoms with Crippen molar-refractivity contribution in [2.45, 2.75) is 26.8 Å². The maximum Gasteiger partial charge on any atom is 0.191 e. The van der Waals surface area contributed by atoms with Crippen LogP contribution in [-0.4, -0.2) is 32.3 Å². The van der Waals surface area contributed by atoms with Crippen LogP contribution in [0.4, 0.5) is 0 Å². The molecule has 1 atom stereocenters. The number of ether oxygens (including phenoxy) is 1. The Bertz CT molecular complexity index is 728. The van der Waals surface area contributed by atoms with Crippen molar-refractivity contribution in [3.8, 4) is 0 Å². The van der Waals surface area contributed by atoms with Crippen LogP contribution in [-0.2, 0) is 4.74 Å². The fourth-order valence-corrected chi connectivity index (χ4v) is 2.90. The molecule has 2 aromatic rings. The maximum absolute atomic E-state index is 5.31. The fourth-order valence-electron chi connectivity index (χ4n) is 2.90. The Kier molecular flexibility index (Phi) is 7.07. The van der Waals surface area contributed by atoms with Crippen molar-refractivity contribution >= 4 is 40.7 Å². The summed E-state index contributed by atoms with van der Waals surface area (Å²) in [5.74, 6) is 0.867. The number of hydrogen-bond donors (Lipinski definition) is 2. The lowest BCUT2D eigenvalue weighted by molar-refractivity contribution is -0.0945. The van der Waals surface area contributed by atoms with Crippen LogP contribution < -0.4 is 10.6 Å². The average Bonchev–Trinajstić information content (AvgIpc) is 2.57. The highest BCUT2D eigenvalue weighted by atomic mass is 127. The van der Waals surface area contributed by atoms with Gasteiger partial charge in [-0.3, -0.25) is 4.99 Å². The third kappa shape index (κ3) is 5.07. The topological polar surface area (TPSA) is 45.7 Å². The van der Waals surface area contributed by atoms with Gasteiger partial charge in [0.15, 0.2) is 5.96 Å². The van der Waals surface area contributed by atoms with Crippen molar-refractivity contribution < 1.29 is 4.74 Å². The zero-order valence-corrected chi connectivity index (χ0v) is 17.5. The first-order valence-corrected chi connectivity index (χ1v) is 8.71. The molecule has 1 unspecified atom stereocenters. The van der Waals surface area contributed by atoms with E-state index >= 15 is 0 Å². The van der Waals surface area contributed by atoms with Gasteiger partial charge in [-0.1, -0.05) is 43.3 Å². The quantitative estimate of drug-likeness (QED) is 0.407. The van der Waals surface area contributed by atoms with E-state index in [2.05, 4.69) is 73.9 Å². The molecule has 0 bridgehead atoms. The molecule has 1 aliphatic heterocycles. The molecule has 0 saturated carbocycles. The van der Waals surface area contributed by atoms with E-state index in [-0.39, 0.29) is 35.4 Å². The normalized spacial score (nSPS) is 17.3. The van der Waals surface area contributed by atoms with E-state index in [4.69, 9.17) is 9.73 Å². The number of hydrogen-bond acceptors (Lipinski definition) is 2. The van der Waals surface area contributed by atoms with Gasteiger partial charge in [-0.2, -0.15) is 0 Å². The molecule has 0 spiro atoms. The predicted molar refractivity (Wildman–Crippen MR) is 116 cm³/mol. The van der Waals surface area contributed by atoms with E-state index in [9.17, 15) is 0 Å². The second-order valence-corrected chi connectivity index (χ2v) is 6.97. The van der Waals surface area contributed by atoms with Crippen LogP contribution in [0, 0.1) is 5.41 Å². The molecule has 5 heteroatoms. The summed E-state index contributed by atoms with van der Waals surface area (Å²) in [6.45, 7) is 9.72. The summed E-state index contributed by atoms with van der Waals surface area (Å²) in [4.78, 5) is 4.75. The summed E-state index contributed by atoms with van der Waals surface area (Å²) in [5, 5.41) is 9.40. The van der Waals surface area contributed by atoms with Crippen LogP contribution in [0.1, 0.15) is 32.4 Å². The SMILES string of the molecule is CCNC(=NCC1(C)COC1)NC(C)c1ccc2ccccc2c1.I. The molecule has 0 amide bonds. The molecule has 0 radical (unpaired) electrons. The van der Waals surface area contributed by atoms with Crippen LogP contribution in [0.3, 0.4) is 0 Å². The molecule has 1 heterocycles. The summed E-state index contributed by atoms with van der Waals surface area (Å²) < 4.78 is 5.31. The van der Waals surface area contributed by atoms with Crippen molar-refractivity contribution in [1.29, 1.82) is 0 Å². The lowest BCUT2D eigenvalue weighted by Crippen LogP contribution is -2.44. The first kappa shape index (κ1) is 20.0. The van der Waals surface area contributed by atoms with Crippen LogP contribution in [0.25, 0.3) is 10.8 Å². The molecule has 25 heavy (non-hydrogen) atoms. The van der Waals surface area contributed by atoms with Crippen molar-refractivity contribution in [3.63, 3.8) is 0 Å². The Hall–Kier alpha value is -1.34. The molecule has 0 aliphatic carbocycles. The molecule has 0 aromatic heterocycles. The Morgan fingerprint density at radius 2 is 1.92 bits per heavy atom. The van der Waals surface area contributed by atoms with Gasteiger partial charge >= 0.3 is 0 Å².